The van der Waals surface area contributed by atoms with Gasteiger partial charge in [0.2, 0.25) is 0 Å². The second kappa shape index (κ2) is 13.9. The first kappa shape index (κ1) is 29.1. The van der Waals surface area contributed by atoms with Crippen molar-refractivity contribution in [3.05, 3.63) is 125 Å². The van der Waals surface area contributed by atoms with Gasteiger partial charge in [-0.3, -0.25) is 14.4 Å². The van der Waals surface area contributed by atoms with Crippen LogP contribution in [0.4, 0.5) is 0 Å². The molecule has 210 valence electrons. The van der Waals surface area contributed by atoms with E-state index in [9.17, 15) is 19.5 Å². The monoisotopic (exact) mass is 550 g/mol. The number of amides is 2. The lowest BCUT2D eigenvalue weighted by atomic mass is 9.94. The number of ether oxygens (including phenoxy) is 1. The van der Waals surface area contributed by atoms with Crippen LogP contribution in [0.25, 0.3) is 11.1 Å². The predicted molar refractivity (Wildman–Crippen MR) is 159 cm³/mol. The smallest absolute Gasteiger partial charge is 0.305 e. The lowest BCUT2D eigenvalue weighted by Gasteiger charge is -2.24. The summed E-state index contributed by atoms with van der Waals surface area (Å²) >= 11 is 0. The van der Waals surface area contributed by atoms with Gasteiger partial charge in [-0.25, -0.2) is 0 Å². The molecule has 0 spiro atoms. The minimum absolute atomic E-state index is 0.0606. The fraction of sp³-hybridized carbons (Fsp3) is 0.206. The van der Waals surface area contributed by atoms with Crippen molar-refractivity contribution in [2.75, 3.05) is 20.2 Å². The normalized spacial score (nSPS) is 10.6. The summed E-state index contributed by atoms with van der Waals surface area (Å²) in [5.74, 6) is -0.800. The van der Waals surface area contributed by atoms with Crippen LogP contribution in [0.2, 0.25) is 0 Å². The van der Waals surface area contributed by atoms with Crippen molar-refractivity contribution >= 4 is 17.8 Å². The maximum atomic E-state index is 13.9. The van der Waals surface area contributed by atoms with Crippen LogP contribution in [0.3, 0.4) is 0 Å². The number of hydrogen-bond acceptors (Lipinski definition) is 4. The van der Waals surface area contributed by atoms with E-state index in [1.165, 1.54) is 0 Å². The summed E-state index contributed by atoms with van der Waals surface area (Å²) in [6.07, 6.45) is 0.354. The number of carboxylic acids is 1. The van der Waals surface area contributed by atoms with Crippen molar-refractivity contribution < 1.29 is 24.2 Å². The Balaban J connectivity index is 1.60. The van der Waals surface area contributed by atoms with Gasteiger partial charge in [-0.05, 0) is 59.9 Å². The Hall–Kier alpha value is -4.91. The second-order valence-electron chi connectivity index (χ2n) is 9.80. The zero-order valence-electron chi connectivity index (χ0n) is 23.3. The molecule has 0 saturated heterocycles. The van der Waals surface area contributed by atoms with Gasteiger partial charge in [0, 0.05) is 30.8 Å². The third kappa shape index (κ3) is 7.82. The maximum Gasteiger partial charge on any atom is 0.305 e. The van der Waals surface area contributed by atoms with Crippen LogP contribution in [-0.4, -0.2) is 48.0 Å². The highest BCUT2D eigenvalue weighted by Gasteiger charge is 2.22. The Labute approximate surface area is 240 Å². The first-order valence-corrected chi connectivity index (χ1v) is 13.5. The van der Waals surface area contributed by atoms with E-state index < -0.39 is 5.97 Å². The number of rotatable bonds is 12. The van der Waals surface area contributed by atoms with Crippen LogP contribution in [-0.2, 0) is 17.8 Å². The number of methoxy groups -OCH3 is 1. The van der Waals surface area contributed by atoms with Crippen LogP contribution < -0.4 is 10.1 Å². The van der Waals surface area contributed by atoms with Crippen LogP contribution >= 0.6 is 0 Å². The number of hydrogen-bond donors (Lipinski definition) is 2. The quantitative estimate of drug-likeness (QED) is 0.234. The number of aliphatic carboxylic acids is 1. The van der Waals surface area contributed by atoms with Crippen LogP contribution in [0.5, 0.6) is 5.75 Å². The van der Waals surface area contributed by atoms with E-state index in [1.54, 1.807) is 36.3 Å². The summed E-state index contributed by atoms with van der Waals surface area (Å²) < 4.78 is 5.31. The molecule has 0 unspecified atom stereocenters. The molecule has 0 aromatic heterocycles. The highest BCUT2D eigenvalue weighted by atomic mass is 16.5. The maximum absolute atomic E-state index is 13.9. The fourth-order valence-electron chi connectivity index (χ4n) is 4.73. The zero-order chi connectivity index (χ0) is 29.2. The predicted octanol–water partition coefficient (Wildman–Crippen LogP) is 5.76. The average Bonchev–Trinajstić information content (AvgIpc) is 2.99. The van der Waals surface area contributed by atoms with E-state index in [1.807, 2.05) is 79.7 Å². The van der Waals surface area contributed by atoms with Gasteiger partial charge in [0.15, 0.2) is 0 Å². The molecule has 7 nitrogen and oxygen atoms in total. The number of aryl methyl sites for hydroxylation is 1. The van der Waals surface area contributed by atoms with Gasteiger partial charge in [0.05, 0.1) is 13.5 Å². The van der Waals surface area contributed by atoms with E-state index in [0.717, 1.165) is 16.7 Å². The van der Waals surface area contributed by atoms with E-state index >= 15 is 0 Å². The van der Waals surface area contributed by atoms with Gasteiger partial charge in [0.1, 0.15) is 5.75 Å². The molecule has 0 saturated carbocycles. The third-order valence-electron chi connectivity index (χ3n) is 6.84. The topological polar surface area (TPSA) is 95.9 Å². The molecule has 0 aliphatic rings. The van der Waals surface area contributed by atoms with Crippen LogP contribution in [0, 0.1) is 6.92 Å². The standard InChI is InChI=1S/C34H34N2O5/c1-24-9-7-11-26(21-24)23-35-33(39)30-15-5-3-13-28(30)29-14-4-6-16-31(29)34(40)36(20-18-32(37)38)19-17-25-10-8-12-27(22-25)41-2/h3-16,21-22H,17-20,23H2,1-2H3,(H,35,39)(H,37,38). The lowest BCUT2D eigenvalue weighted by molar-refractivity contribution is -0.137. The fourth-order valence-corrected chi connectivity index (χ4v) is 4.73. The van der Waals surface area contributed by atoms with Crippen molar-refractivity contribution in [1.82, 2.24) is 10.2 Å². The SMILES string of the molecule is COc1cccc(CCN(CCC(=O)O)C(=O)c2ccccc2-c2ccccc2C(=O)NCc2cccc(C)c2)c1. The highest BCUT2D eigenvalue weighted by Crippen LogP contribution is 2.29. The number of nitrogens with zero attached hydrogens (tertiary/aromatic N) is 1. The molecule has 7 heteroatoms. The van der Waals surface area contributed by atoms with Gasteiger partial charge in [-0.15, -0.1) is 0 Å². The number of carbonyl (C=O) groups excluding carboxylic acids is 2. The van der Waals surface area contributed by atoms with Crippen LogP contribution in [0.1, 0.15) is 43.8 Å². The highest BCUT2D eigenvalue weighted by molar-refractivity contribution is 6.06. The molecule has 0 fully saturated rings. The van der Waals surface area contributed by atoms with Crippen LogP contribution in [0.15, 0.2) is 97.1 Å². The first-order valence-electron chi connectivity index (χ1n) is 13.5. The molecule has 0 aliphatic carbocycles. The molecule has 0 bridgehead atoms. The summed E-state index contributed by atoms with van der Waals surface area (Å²) in [6, 6.07) is 29.9. The molecule has 0 radical (unpaired) electrons. The molecule has 2 amide bonds. The zero-order valence-corrected chi connectivity index (χ0v) is 23.3. The Morgan fingerprint density at radius 1 is 0.780 bits per heavy atom. The van der Waals surface area contributed by atoms with Crippen molar-refractivity contribution in [2.24, 2.45) is 0 Å². The summed E-state index contributed by atoms with van der Waals surface area (Å²) in [5.41, 5.74) is 5.18. The molecular formula is C34H34N2O5. The molecule has 4 aromatic rings. The summed E-state index contributed by atoms with van der Waals surface area (Å²) in [7, 11) is 1.60. The molecule has 2 N–H and O–H groups in total. The van der Waals surface area contributed by atoms with Crippen molar-refractivity contribution in [3.63, 3.8) is 0 Å². The van der Waals surface area contributed by atoms with Gasteiger partial charge < -0.3 is 20.1 Å². The first-order chi connectivity index (χ1) is 19.9. The molecule has 0 heterocycles. The molecule has 0 atom stereocenters. The third-order valence-corrected chi connectivity index (χ3v) is 6.84. The summed E-state index contributed by atoms with van der Waals surface area (Å²) in [4.78, 5) is 40.2. The summed E-state index contributed by atoms with van der Waals surface area (Å²) in [5, 5.41) is 12.3. The van der Waals surface area contributed by atoms with Crippen molar-refractivity contribution in [1.29, 1.82) is 0 Å². The van der Waals surface area contributed by atoms with E-state index in [-0.39, 0.29) is 24.8 Å². The minimum atomic E-state index is -0.979. The Morgan fingerprint density at radius 2 is 1.44 bits per heavy atom. The molecular weight excluding hydrogens is 516 g/mol. The number of nitrogens with one attached hydrogen (secondary N) is 1. The Bertz CT molecular complexity index is 1530. The number of carboxylic acid groups (broad SMARTS) is 1. The Morgan fingerprint density at radius 3 is 2.15 bits per heavy atom. The number of carbonyl (C=O) groups is 3. The lowest BCUT2D eigenvalue weighted by Crippen LogP contribution is -2.35. The largest absolute Gasteiger partial charge is 0.497 e. The summed E-state index contributed by atoms with van der Waals surface area (Å²) in [6.45, 7) is 2.77. The molecule has 4 rings (SSSR count). The second-order valence-corrected chi connectivity index (χ2v) is 9.80. The van der Waals surface area contributed by atoms with E-state index in [4.69, 9.17) is 4.74 Å². The average molecular weight is 551 g/mol. The minimum Gasteiger partial charge on any atom is -0.497 e. The van der Waals surface area contributed by atoms with Crippen molar-refractivity contribution in [2.45, 2.75) is 26.3 Å². The molecule has 4 aromatic carbocycles. The Kier molecular flexibility index (Phi) is 9.89. The van der Waals surface area contributed by atoms with E-state index in [0.29, 0.717) is 47.5 Å². The van der Waals surface area contributed by atoms with Gasteiger partial charge in [0.25, 0.3) is 11.8 Å². The van der Waals surface area contributed by atoms with Gasteiger partial charge >= 0.3 is 5.97 Å². The number of benzene rings is 4. The molecule has 41 heavy (non-hydrogen) atoms. The molecule has 0 aliphatic heterocycles. The van der Waals surface area contributed by atoms with Crippen molar-refractivity contribution in [3.8, 4) is 16.9 Å². The van der Waals surface area contributed by atoms with Gasteiger partial charge in [-0.2, -0.15) is 0 Å². The van der Waals surface area contributed by atoms with E-state index in [2.05, 4.69) is 5.32 Å². The van der Waals surface area contributed by atoms with Gasteiger partial charge in [-0.1, -0.05) is 78.4 Å².